The zero-order valence-electron chi connectivity index (χ0n) is 13.6. The third-order valence-corrected chi connectivity index (χ3v) is 5.29. The first-order valence-corrected chi connectivity index (χ1v) is 8.90. The zero-order chi connectivity index (χ0) is 15.0. The van der Waals surface area contributed by atoms with E-state index in [-0.39, 0.29) is 24.0 Å². The number of benzene rings is 1. The van der Waals surface area contributed by atoms with Crippen molar-refractivity contribution in [2.75, 3.05) is 25.4 Å². The van der Waals surface area contributed by atoms with Crippen LogP contribution in [0.15, 0.2) is 35.3 Å². The average molecular weight is 433 g/mol. The molecule has 1 unspecified atom stereocenters. The highest BCUT2D eigenvalue weighted by Crippen LogP contribution is 2.37. The molecule has 1 aliphatic heterocycles. The van der Waals surface area contributed by atoms with Crippen LogP contribution in [0.3, 0.4) is 0 Å². The molecule has 2 N–H and O–H groups in total. The van der Waals surface area contributed by atoms with E-state index in [0.717, 1.165) is 32.0 Å². The van der Waals surface area contributed by atoms with Gasteiger partial charge in [-0.25, -0.2) is 0 Å². The van der Waals surface area contributed by atoms with Gasteiger partial charge in [0.2, 0.25) is 0 Å². The van der Waals surface area contributed by atoms with Gasteiger partial charge in [-0.2, -0.15) is 11.8 Å². The predicted molar refractivity (Wildman–Crippen MR) is 110 cm³/mol. The van der Waals surface area contributed by atoms with Gasteiger partial charge in [0.25, 0.3) is 0 Å². The smallest absolute Gasteiger partial charge is 0.191 e. The Bertz CT molecular complexity index is 444. The Hall–Kier alpha value is -0.430. The molecular weight excluding hydrogens is 405 g/mol. The van der Waals surface area contributed by atoms with E-state index in [9.17, 15) is 0 Å². The lowest BCUT2D eigenvalue weighted by Gasteiger charge is -2.21. The van der Waals surface area contributed by atoms with E-state index < -0.39 is 0 Å². The Kier molecular flexibility index (Phi) is 9.24. The second-order valence-electron chi connectivity index (χ2n) is 5.76. The van der Waals surface area contributed by atoms with Gasteiger partial charge < -0.3 is 10.6 Å². The number of aliphatic imine (C=N–C) groups is 1. The third-order valence-electron chi connectivity index (χ3n) is 3.77. The van der Waals surface area contributed by atoms with E-state index in [4.69, 9.17) is 4.99 Å². The molecule has 22 heavy (non-hydrogen) atoms. The number of halogens is 1. The van der Waals surface area contributed by atoms with Crippen LogP contribution in [0.4, 0.5) is 0 Å². The topological polar surface area (TPSA) is 36.4 Å². The molecule has 0 bridgehead atoms. The van der Waals surface area contributed by atoms with Crippen molar-refractivity contribution >= 4 is 41.7 Å². The Morgan fingerprint density at radius 1 is 1.27 bits per heavy atom. The summed E-state index contributed by atoms with van der Waals surface area (Å²) < 4.78 is 0.335. The molecule has 0 radical (unpaired) electrons. The number of hydrogen-bond donors (Lipinski definition) is 2. The van der Waals surface area contributed by atoms with Gasteiger partial charge in [-0.05, 0) is 44.4 Å². The molecule has 0 saturated carbocycles. The van der Waals surface area contributed by atoms with Crippen molar-refractivity contribution in [3.05, 3.63) is 35.9 Å². The highest BCUT2D eigenvalue weighted by molar-refractivity contribution is 14.0. The van der Waals surface area contributed by atoms with Crippen molar-refractivity contribution in [1.82, 2.24) is 10.6 Å². The lowest BCUT2D eigenvalue weighted by molar-refractivity contribution is 0.614. The first-order chi connectivity index (χ1) is 10.2. The highest BCUT2D eigenvalue weighted by Gasteiger charge is 2.29. The first kappa shape index (κ1) is 19.6. The van der Waals surface area contributed by atoms with Gasteiger partial charge in [0.1, 0.15) is 0 Å². The first-order valence-electron chi connectivity index (χ1n) is 7.92. The Balaban J connectivity index is 0.00000242. The Morgan fingerprint density at radius 2 is 2.05 bits per heavy atom. The van der Waals surface area contributed by atoms with Crippen molar-refractivity contribution in [2.45, 2.75) is 37.9 Å². The predicted octanol–water partition coefficient (Wildman–Crippen LogP) is 3.69. The van der Waals surface area contributed by atoms with Crippen molar-refractivity contribution in [3.8, 4) is 0 Å². The highest BCUT2D eigenvalue weighted by atomic mass is 127. The number of guanidine groups is 1. The summed E-state index contributed by atoms with van der Waals surface area (Å²) in [6.07, 6.45) is 3.64. The van der Waals surface area contributed by atoms with Crippen LogP contribution in [0.25, 0.3) is 0 Å². The fourth-order valence-electron chi connectivity index (χ4n) is 2.52. The van der Waals surface area contributed by atoms with E-state index >= 15 is 0 Å². The fraction of sp³-hybridized carbons (Fsp3) is 0.588. The quantitative estimate of drug-likeness (QED) is 0.408. The maximum Gasteiger partial charge on any atom is 0.191 e. The maximum absolute atomic E-state index is 4.77. The summed E-state index contributed by atoms with van der Waals surface area (Å²) in [4.78, 5) is 4.77. The minimum absolute atomic E-state index is 0. The largest absolute Gasteiger partial charge is 0.357 e. The summed E-state index contributed by atoms with van der Waals surface area (Å²) in [6.45, 7) is 7.17. The summed E-state index contributed by atoms with van der Waals surface area (Å²) in [5, 5.41) is 6.78. The standard InChI is InChI=1S/C17H27N3S.HI/c1-3-18-16(20-14-17(2)11-7-13-21-17)19-12-10-15-8-5-4-6-9-15;/h4-6,8-9H,3,7,10-14H2,1-2H3,(H2,18,19,20);1H. The fourth-order valence-corrected chi connectivity index (χ4v) is 3.75. The molecule has 1 aliphatic rings. The van der Waals surface area contributed by atoms with Gasteiger partial charge in [0.05, 0.1) is 6.54 Å². The molecule has 1 atom stereocenters. The van der Waals surface area contributed by atoms with Gasteiger partial charge in [0.15, 0.2) is 5.96 Å². The SMILES string of the molecule is CCNC(=NCC1(C)CCCS1)NCCc1ccccc1.I. The van der Waals surface area contributed by atoms with Crippen molar-refractivity contribution < 1.29 is 0 Å². The van der Waals surface area contributed by atoms with Crippen molar-refractivity contribution in [2.24, 2.45) is 4.99 Å². The molecule has 1 aromatic carbocycles. The molecule has 5 heteroatoms. The molecule has 0 amide bonds. The van der Waals surface area contributed by atoms with Gasteiger partial charge >= 0.3 is 0 Å². The number of hydrogen-bond acceptors (Lipinski definition) is 2. The average Bonchev–Trinajstić information content (AvgIpc) is 2.93. The van der Waals surface area contributed by atoms with Crippen molar-refractivity contribution in [3.63, 3.8) is 0 Å². The van der Waals surface area contributed by atoms with Crippen LogP contribution in [-0.2, 0) is 6.42 Å². The summed E-state index contributed by atoms with van der Waals surface area (Å²) in [5.41, 5.74) is 1.36. The lowest BCUT2D eigenvalue weighted by Crippen LogP contribution is -2.39. The molecule has 124 valence electrons. The second-order valence-corrected chi connectivity index (χ2v) is 7.44. The van der Waals surface area contributed by atoms with Gasteiger partial charge in [-0.15, -0.1) is 24.0 Å². The molecule has 1 fully saturated rings. The van der Waals surface area contributed by atoms with E-state index in [1.807, 2.05) is 0 Å². The minimum atomic E-state index is 0. The third kappa shape index (κ3) is 6.77. The van der Waals surface area contributed by atoms with E-state index in [2.05, 4.69) is 66.6 Å². The zero-order valence-corrected chi connectivity index (χ0v) is 16.7. The number of thioether (sulfide) groups is 1. The number of nitrogens with one attached hydrogen (secondary N) is 2. The molecule has 1 aromatic rings. The van der Waals surface area contributed by atoms with Crippen LogP contribution in [0.5, 0.6) is 0 Å². The number of rotatable bonds is 6. The van der Waals surface area contributed by atoms with E-state index in [0.29, 0.717) is 4.75 Å². The van der Waals surface area contributed by atoms with Crippen LogP contribution in [0.2, 0.25) is 0 Å². The van der Waals surface area contributed by atoms with Crippen LogP contribution < -0.4 is 10.6 Å². The maximum atomic E-state index is 4.77. The van der Waals surface area contributed by atoms with Crippen LogP contribution >= 0.6 is 35.7 Å². The lowest BCUT2D eigenvalue weighted by atomic mass is 10.1. The second kappa shape index (κ2) is 10.4. The molecule has 1 heterocycles. The molecule has 1 saturated heterocycles. The number of nitrogens with zero attached hydrogens (tertiary/aromatic N) is 1. The van der Waals surface area contributed by atoms with Crippen LogP contribution in [0, 0.1) is 0 Å². The van der Waals surface area contributed by atoms with Crippen LogP contribution in [-0.4, -0.2) is 36.1 Å². The normalized spacial score (nSPS) is 21.3. The molecule has 0 spiro atoms. The Morgan fingerprint density at radius 3 is 2.68 bits per heavy atom. The molecule has 0 aliphatic carbocycles. The molecule has 2 rings (SSSR count). The van der Waals surface area contributed by atoms with Gasteiger partial charge in [-0.1, -0.05) is 30.3 Å². The van der Waals surface area contributed by atoms with Gasteiger partial charge in [0, 0.05) is 17.8 Å². The van der Waals surface area contributed by atoms with Gasteiger partial charge in [-0.3, -0.25) is 4.99 Å². The minimum Gasteiger partial charge on any atom is -0.357 e. The Labute approximate surface area is 156 Å². The summed E-state index contributed by atoms with van der Waals surface area (Å²) in [5.74, 6) is 2.23. The molecular formula is C17H28IN3S. The molecule has 3 nitrogen and oxygen atoms in total. The van der Waals surface area contributed by atoms with Crippen molar-refractivity contribution in [1.29, 1.82) is 0 Å². The summed E-state index contributed by atoms with van der Waals surface area (Å²) in [6, 6.07) is 10.6. The summed E-state index contributed by atoms with van der Waals surface area (Å²) in [7, 11) is 0. The molecule has 0 aromatic heterocycles. The van der Waals surface area contributed by atoms with E-state index in [1.165, 1.54) is 24.2 Å². The van der Waals surface area contributed by atoms with Crippen LogP contribution in [0.1, 0.15) is 32.3 Å². The monoisotopic (exact) mass is 433 g/mol. The van der Waals surface area contributed by atoms with E-state index in [1.54, 1.807) is 0 Å². The summed E-state index contributed by atoms with van der Waals surface area (Å²) >= 11 is 2.06.